The van der Waals surface area contributed by atoms with E-state index in [1.165, 1.54) is 11.3 Å². The fourth-order valence-electron chi connectivity index (χ4n) is 3.81. The number of rotatable bonds is 4. The molecule has 0 aromatic carbocycles. The molecular formula is C20H27N3O4S. The van der Waals surface area contributed by atoms with Crippen molar-refractivity contribution in [2.45, 2.75) is 45.8 Å². The van der Waals surface area contributed by atoms with Gasteiger partial charge in [-0.25, -0.2) is 9.78 Å². The van der Waals surface area contributed by atoms with E-state index < -0.39 is 0 Å². The maximum absolute atomic E-state index is 12.5. The standard InChI is InChI=1S/C20H27N3O4S/c1-4-20(3)10-13-12(11-27-20)14-15(21)17(19(24)26-5-2)28-16(14)18(22-13)23-6-8-25-9-7-23/h4-11,21H2,1-3H3. The maximum atomic E-state index is 12.5. The number of aromatic nitrogens is 1. The summed E-state index contributed by atoms with van der Waals surface area (Å²) < 4.78 is 17.8. The summed E-state index contributed by atoms with van der Waals surface area (Å²) in [4.78, 5) is 20.2. The molecule has 152 valence electrons. The minimum atomic E-state index is -0.377. The number of morpholine rings is 1. The zero-order valence-electron chi connectivity index (χ0n) is 16.7. The number of ether oxygens (including phenoxy) is 3. The summed E-state index contributed by atoms with van der Waals surface area (Å²) in [5, 5.41) is 0.901. The molecule has 0 bridgehead atoms. The van der Waals surface area contributed by atoms with Crippen molar-refractivity contribution in [2.75, 3.05) is 43.5 Å². The van der Waals surface area contributed by atoms with E-state index in [1.807, 2.05) is 0 Å². The third-order valence-electron chi connectivity index (χ3n) is 5.66. The Bertz CT molecular complexity index is 907. The van der Waals surface area contributed by atoms with Crippen LogP contribution in [0, 0.1) is 0 Å². The minimum absolute atomic E-state index is 0.231. The molecule has 2 aliphatic rings. The van der Waals surface area contributed by atoms with Gasteiger partial charge in [-0.2, -0.15) is 0 Å². The van der Waals surface area contributed by atoms with Crippen LogP contribution >= 0.6 is 11.3 Å². The first-order chi connectivity index (χ1) is 13.5. The van der Waals surface area contributed by atoms with Gasteiger partial charge in [0, 0.05) is 30.5 Å². The first-order valence-corrected chi connectivity index (χ1v) is 10.7. The Balaban J connectivity index is 1.91. The molecule has 0 aliphatic carbocycles. The SMILES string of the molecule is CCOC(=O)c1sc2c(N3CCOCC3)nc3c(c2c1N)COC(C)(CC)C3. The summed E-state index contributed by atoms with van der Waals surface area (Å²) in [6.07, 6.45) is 1.64. The molecule has 0 amide bonds. The molecular weight excluding hydrogens is 378 g/mol. The van der Waals surface area contributed by atoms with E-state index in [2.05, 4.69) is 18.7 Å². The van der Waals surface area contributed by atoms with E-state index in [0.717, 1.165) is 53.1 Å². The number of nitrogens with two attached hydrogens (primary N) is 1. The van der Waals surface area contributed by atoms with E-state index in [0.29, 0.717) is 37.0 Å². The molecule has 2 aliphatic heterocycles. The second kappa shape index (κ2) is 7.50. The highest BCUT2D eigenvalue weighted by molar-refractivity contribution is 7.22. The molecule has 7 nitrogen and oxygen atoms in total. The smallest absolute Gasteiger partial charge is 0.350 e. The van der Waals surface area contributed by atoms with Crippen LogP contribution in [0.3, 0.4) is 0 Å². The van der Waals surface area contributed by atoms with Crippen molar-refractivity contribution in [3.05, 3.63) is 16.1 Å². The van der Waals surface area contributed by atoms with Crippen LogP contribution in [0.25, 0.3) is 10.1 Å². The third-order valence-corrected chi connectivity index (χ3v) is 6.85. The van der Waals surface area contributed by atoms with Crippen molar-refractivity contribution in [3.8, 4) is 0 Å². The molecule has 0 radical (unpaired) electrons. The number of esters is 1. The summed E-state index contributed by atoms with van der Waals surface area (Å²) in [5.74, 6) is 0.516. The normalized spacial score (nSPS) is 22.3. The van der Waals surface area contributed by atoms with Crippen LogP contribution in [-0.2, 0) is 27.2 Å². The van der Waals surface area contributed by atoms with Gasteiger partial charge in [0.2, 0.25) is 0 Å². The van der Waals surface area contributed by atoms with E-state index in [-0.39, 0.29) is 11.6 Å². The van der Waals surface area contributed by atoms with Gasteiger partial charge in [-0.3, -0.25) is 0 Å². The van der Waals surface area contributed by atoms with Gasteiger partial charge in [0.05, 0.1) is 48.1 Å². The van der Waals surface area contributed by atoms with Crippen LogP contribution in [0.15, 0.2) is 0 Å². The first-order valence-electron chi connectivity index (χ1n) is 9.85. The second-order valence-corrected chi connectivity index (χ2v) is 8.52. The average molecular weight is 406 g/mol. The highest BCUT2D eigenvalue weighted by Gasteiger charge is 2.35. The van der Waals surface area contributed by atoms with Gasteiger partial charge in [0.15, 0.2) is 0 Å². The van der Waals surface area contributed by atoms with Crippen LogP contribution in [0.2, 0.25) is 0 Å². The number of nitrogens with zero attached hydrogens (tertiary/aromatic N) is 2. The van der Waals surface area contributed by atoms with Gasteiger partial charge in [0.1, 0.15) is 10.7 Å². The molecule has 2 N–H and O–H groups in total. The van der Waals surface area contributed by atoms with Crippen molar-refractivity contribution >= 4 is 38.9 Å². The Morgan fingerprint density at radius 1 is 1.36 bits per heavy atom. The number of nitrogen functional groups attached to an aromatic ring is 1. The van der Waals surface area contributed by atoms with Crippen molar-refractivity contribution in [2.24, 2.45) is 0 Å². The molecule has 4 heterocycles. The number of pyridine rings is 1. The zero-order chi connectivity index (χ0) is 19.9. The predicted molar refractivity (Wildman–Crippen MR) is 110 cm³/mol. The lowest BCUT2D eigenvalue weighted by Gasteiger charge is -2.35. The Kier molecular flexibility index (Phi) is 5.20. The first kappa shape index (κ1) is 19.4. The molecule has 1 saturated heterocycles. The summed E-state index contributed by atoms with van der Waals surface area (Å²) in [6.45, 7) is 9.70. The van der Waals surface area contributed by atoms with Gasteiger partial charge in [0.25, 0.3) is 0 Å². The summed E-state index contributed by atoms with van der Waals surface area (Å²) in [7, 11) is 0. The molecule has 0 spiro atoms. The lowest BCUT2D eigenvalue weighted by Crippen LogP contribution is -2.38. The molecule has 2 aromatic rings. The summed E-state index contributed by atoms with van der Waals surface area (Å²) in [6, 6.07) is 0. The second-order valence-electron chi connectivity index (χ2n) is 7.50. The van der Waals surface area contributed by atoms with Crippen LogP contribution in [0.4, 0.5) is 11.5 Å². The number of thiophene rings is 1. The van der Waals surface area contributed by atoms with Gasteiger partial charge >= 0.3 is 5.97 Å². The highest BCUT2D eigenvalue weighted by Crippen LogP contribution is 2.45. The molecule has 0 saturated carbocycles. The van der Waals surface area contributed by atoms with Crippen LogP contribution < -0.4 is 10.6 Å². The molecule has 2 aromatic heterocycles. The average Bonchev–Trinajstić information content (AvgIpc) is 3.06. The predicted octanol–water partition coefficient (Wildman–Crippen LogP) is 3.13. The van der Waals surface area contributed by atoms with Gasteiger partial charge in [-0.1, -0.05) is 6.92 Å². The number of carbonyl (C=O) groups is 1. The molecule has 28 heavy (non-hydrogen) atoms. The monoisotopic (exact) mass is 405 g/mol. The largest absolute Gasteiger partial charge is 0.462 e. The topological polar surface area (TPSA) is 86.9 Å². The van der Waals surface area contributed by atoms with E-state index >= 15 is 0 Å². The number of anilines is 2. The van der Waals surface area contributed by atoms with Crippen LogP contribution in [0.5, 0.6) is 0 Å². The Morgan fingerprint density at radius 2 is 2.11 bits per heavy atom. The fourth-order valence-corrected chi connectivity index (χ4v) is 4.97. The van der Waals surface area contributed by atoms with Crippen LogP contribution in [-0.4, -0.2) is 49.5 Å². The molecule has 1 fully saturated rings. The summed E-state index contributed by atoms with van der Waals surface area (Å²) in [5.41, 5.74) is 8.75. The minimum Gasteiger partial charge on any atom is -0.462 e. The van der Waals surface area contributed by atoms with Crippen molar-refractivity contribution in [3.63, 3.8) is 0 Å². The van der Waals surface area contributed by atoms with Crippen molar-refractivity contribution < 1.29 is 19.0 Å². The quantitative estimate of drug-likeness (QED) is 0.782. The lowest BCUT2D eigenvalue weighted by atomic mass is 9.90. The number of carbonyl (C=O) groups excluding carboxylic acids is 1. The van der Waals surface area contributed by atoms with Gasteiger partial charge < -0.3 is 24.8 Å². The molecule has 8 heteroatoms. The Morgan fingerprint density at radius 3 is 2.79 bits per heavy atom. The van der Waals surface area contributed by atoms with Gasteiger partial charge in [-0.15, -0.1) is 11.3 Å². The zero-order valence-corrected chi connectivity index (χ0v) is 17.5. The fraction of sp³-hybridized carbons (Fsp3) is 0.600. The Hall–Kier alpha value is -1.90. The van der Waals surface area contributed by atoms with Crippen LogP contribution in [0.1, 0.15) is 48.1 Å². The Labute approximate surface area is 168 Å². The number of fused-ring (bicyclic) bond motifs is 3. The van der Waals surface area contributed by atoms with E-state index in [4.69, 9.17) is 24.9 Å². The molecule has 1 unspecified atom stereocenters. The molecule has 1 atom stereocenters. The highest BCUT2D eigenvalue weighted by atomic mass is 32.1. The lowest BCUT2D eigenvalue weighted by molar-refractivity contribution is -0.0568. The third kappa shape index (κ3) is 3.23. The molecule has 4 rings (SSSR count). The maximum Gasteiger partial charge on any atom is 0.350 e. The van der Waals surface area contributed by atoms with Crippen molar-refractivity contribution in [1.29, 1.82) is 0 Å². The van der Waals surface area contributed by atoms with E-state index in [1.54, 1.807) is 6.92 Å². The summed E-state index contributed by atoms with van der Waals surface area (Å²) >= 11 is 1.37. The number of hydrogen-bond donors (Lipinski definition) is 1. The van der Waals surface area contributed by atoms with Crippen molar-refractivity contribution in [1.82, 2.24) is 4.98 Å². The van der Waals surface area contributed by atoms with Gasteiger partial charge in [-0.05, 0) is 20.3 Å². The van der Waals surface area contributed by atoms with E-state index in [9.17, 15) is 4.79 Å². The number of hydrogen-bond acceptors (Lipinski definition) is 8.